The number of anilines is 1. The van der Waals surface area contributed by atoms with Gasteiger partial charge in [-0.2, -0.15) is 0 Å². The Bertz CT molecular complexity index is 1040. The molecule has 0 saturated carbocycles. The normalized spacial score (nSPS) is 10.6. The number of benzene rings is 1. The first-order valence-electron chi connectivity index (χ1n) is 9.20. The maximum Gasteiger partial charge on any atom is 0.340 e. The molecular formula is C21H22N4O3S2. The molecule has 7 nitrogen and oxygen atoms in total. The van der Waals surface area contributed by atoms with Crippen LogP contribution >= 0.6 is 23.1 Å². The van der Waals surface area contributed by atoms with Crippen LogP contribution in [0.2, 0.25) is 0 Å². The minimum Gasteiger partial charge on any atom is -0.465 e. The van der Waals surface area contributed by atoms with Crippen LogP contribution in [0.1, 0.15) is 26.6 Å². The average molecular weight is 443 g/mol. The molecule has 0 spiro atoms. The molecule has 9 heteroatoms. The summed E-state index contributed by atoms with van der Waals surface area (Å²) in [6, 6.07) is 11.7. The van der Waals surface area contributed by atoms with Crippen LogP contribution in [0.15, 0.2) is 54.2 Å². The Balaban J connectivity index is 1.67. The van der Waals surface area contributed by atoms with Gasteiger partial charge in [-0.05, 0) is 18.6 Å². The topological polar surface area (TPSA) is 86.1 Å². The minimum atomic E-state index is -0.474. The highest BCUT2D eigenvalue weighted by atomic mass is 32.2. The minimum absolute atomic E-state index is 0.137. The average Bonchev–Trinajstić information content (AvgIpc) is 3.30. The number of carbonyl (C=O) groups is 2. The summed E-state index contributed by atoms with van der Waals surface area (Å²) >= 11 is 2.63. The summed E-state index contributed by atoms with van der Waals surface area (Å²) in [6.07, 6.45) is 2.42. The lowest BCUT2D eigenvalue weighted by Gasteiger charge is -2.08. The van der Waals surface area contributed by atoms with E-state index in [-0.39, 0.29) is 11.7 Å². The lowest BCUT2D eigenvalue weighted by atomic mass is 10.1. The first-order chi connectivity index (χ1) is 14.5. The Morgan fingerprint density at radius 2 is 2.07 bits per heavy atom. The van der Waals surface area contributed by atoms with E-state index in [0.717, 1.165) is 16.3 Å². The number of nitrogens with one attached hydrogen (secondary N) is 1. The fraction of sp³-hybridized carbons (Fsp3) is 0.238. The number of rotatable bonds is 9. The number of aromatic nitrogens is 3. The Morgan fingerprint density at radius 1 is 1.30 bits per heavy atom. The largest absolute Gasteiger partial charge is 0.465 e. The predicted octanol–water partition coefficient (Wildman–Crippen LogP) is 3.94. The Hall–Kier alpha value is -2.91. The molecule has 2 heterocycles. The van der Waals surface area contributed by atoms with E-state index in [1.54, 1.807) is 12.1 Å². The standard InChI is InChI=1S/C21H22N4O3S2/c1-4-10-25-17(12-15-8-6-5-7-9-15)23-24-21(25)29-13-18(26)22-19-16(20(27)28-3)11-14(2)30-19/h4-9,11H,1,10,12-13H2,2-3H3,(H,22,26). The number of thiophene rings is 1. The molecule has 0 aliphatic carbocycles. The number of esters is 1. The van der Waals surface area contributed by atoms with E-state index in [2.05, 4.69) is 22.1 Å². The summed E-state index contributed by atoms with van der Waals surface area (Å²) in [5.41, 5.74) is 1.49. The van der Waals surface area contributed by atoms with Gasteiger partial charge in [-0.1, -0.05) is 48.2 Å². The van der Waals surface area contributed by atoms with Gasteiger partial charge in [0.25, 0.3) is 0 Å². The second-order valence-corrected chi connectivity index (χ2v) is 8.59. The monoisotopic (exact) mass is 442 g/mol. The maximum absolute atomic E-state index is 12.5. The highest BCUT2D eigenvalue weighted by molar-refractivity contribution is 7.99. The van der Waals surface area contributed by atoms with E-state index in [0.29, 0.717) is 28.7 Å². The lowest BCUT2D eigenvalue weighted by Crippen LogP contribution is -2.16. The number of carbonyl (C=O) groups excluding carboxylic acids is 2. The van der Waals surface area contributed by atoms with Crippen LogP contribution in [0.25, 0.3) is 0 Å². The highest BCUT2D eigenvalue weighted by Crippen LogP contribution is 2.28. The van der Waals surface area contributed by atoms with Gasteiger partial charge in [0.05, 0.1) is 18.4 Å². The predicted molar refractivity (Wildman–Crippen MR) is 119 cm³/mol. The van der Waals surface area contributed by atoms with Crippen molar-refractivity contribution in [3.05, 3.63) is 70.9 Å². The van der Waals surface area contributed by atoms with Gasteiger partial charge >= 0.3 is 5.97 Å². The van der Waals surface area contributed by atoms with E-state index in [1.807, 2.05) is 41.8 Å². The zero-order chi connectivity index (χ0) is 21.5. The van der Waals surface area contributed by atoms with Crippen LogP contribution in [0.4, 0.5) is 5.00 Å². The Labute approximate surface area is 183 Å². The van der Waals surface area contributed by atoms with E-state index in [4.69, 9.17) is 4.74 Å². The molecule has 3 aromatic rings. The van der Waals surface area contributed by atoms with Crippen molar-refractivity contribution in [2.75, 3.05) is 18.2 Å². The highest BCUT2D eigenvalue weighted by Gasteiger charge is 2.18. The molecule has 0 aliphatic rings. The van der Waals surface area contributed by atoms with E-state index < -0.39 is 5.97 Å². The molecule has 1 aromatic carbocycles. The summed E-state index contributed by atoms with van der Waals surface area (Å²) in [6.45, 7) is 6.23. The van der Waals surface area contributed by atoms with Crippen molar-refractivity contribution >= 4 is 40.0 Å². The van der Waals surface area contributed by atoms with Gasteiger partial charge in [-0.25, -0.2) is 4.79 Å². The summed E-state index contributed by atoms with van der Waals surface area (Å²) in [5.74, 6) is 0.243. The molecule has 1 amide bonds. The van der Waals surface area contributed by atoms with Crippen molar-refractivity contribution < 1.29 is 14.3 Å². The van der Waals surface area contributed by atoms with E-state index in [1.165, 1.54) is 30.2 Å². The fourth-order valence-electron chi connectivity index (χ4n) is 2.81. The number of nitrogens with zero attached hydrogens (tertiary/aromatic N) is 3. The second kappa shape index (κ2) is 10.2. The molecule has 156 valence electrons. The number of aryl methyl sites for hydroxylation is 1. The Kier molecular flexibility index (Phi) is 7.42. The van der Waals surface area contributed by atoms with Crippen LogP contribution in [-0.4, -0.2) is 39.5 Å². The summed E-state index contributed by atoms with van der Waals surface area (Å²) in [7, 11) is 1.32. The van der Waals surface area contributed by atoms with Gasteiger partial charge in [-0.3, -0.25) is 4.79 Å². The first kappa shape index (κ1) is 21.8. The van der Waals surface area contributed by atoms with Crippen molar-refractivity contribution in [1.82, 2.24) is 14.8 Å². The van der Waals surface area contributed by atoms with Gasteiger partial charge in [0.2, 0.25) is 5.91 Å². The molecule has 0 radical (unpaired) electrons. The number of allylic oxidation sites excluding steroid dienone is 1. The van der Waals surface area contributed by atoms with Gasteiger partial charge in [0.1, 0.15) is 10.8 Å². The molecule has 0 unspecified atom stereocenters. The first-order valence-corrected chi connectivity index (χ1v) is 11.0. The van der Waals surface area contributed by atoms with Crippen molar-refractivity contribution in [3.63, 3.8) is 0 Å². The number of methoxy groups -OCH3 is 1. The third kappa shape index (κ3) is 5.37. The SMILES string of the molecule is C=CCn1c(Cc2ccccc2)nnc1SCC(=O)Nc1sc(C)cc1C(=O)OC. The quantitative estimate of drug-likeness (QED) is 0.307. The van der Waals surface area contributed by atoms with Crippen LogP contribution in [0.3, 0.4) is 0 Å². The smallest absolute Gasteiger partial charge is 0.340 e. The van der Waals surface area contributed by atoms with Gasteiger partial charge < -0.3 is 14.6 Å². The number of hydrogen-bond donors (Lipinski definition) is 1. The molecular weight excluding hydrogens is 420 g/mol. The Morgan fingerprint density at radius 3 is 2.77 bits per heavy atom. The molecule has 0 saturated heterocycles. The third-order valence-electron chi connectivity index (χ3n) is 4.16. The van der Waals surface area contributed by atoms with E-state index in [9.17, 15) is 9.59 Å². The zero-order valence-electron chi connectivity index (χ0n) is 16.8. The number of amides is 1. The fourth-order valence-corrected chi connectivity index (χ4v) is 4.49. The second-order valence-electron chi connectivity index (χ2n) is 6.39. The van der Waals surface area contributed by atoms with Crippen molar-refractivity contribution in [3.8, 4) is 0 Å². The molecule has 3 rings (SSSR count). The van der Waals surface area contributed by atoms with Gasteiger partial charge in [0.15, 0.2) is 5.16 Å². The lowest BCUT2D eigenvalue weighted by molar-refractivity contribution is -0.113. The summed E-state index contributed by atoms with van der Waals surface area (Å²) in [4.78, 5) is 25.3. The number of thioether (sulfide) groups is 1. The summed E-state index contributed by atoms with van der Waals surface area (Å²) < 4.78 is 6.73. The molecule has 0 aliphatic heterocycles. The van der Waals surface area contributed by atoms with Crippen LogP contribution in [0, 0.1) is 6.92 Å². The molecule has 0 bridgehead atoms. The zero-order valence-corrected chi connectivity index (χ0v) is 18.4. The maximum atomic E-state index is 12.5. The van der Waals surface area contributed by atoms with Crippen molar-refractivity contribution in [2.45, 2.75) is 25.0 Å². The van der Waals surface area contributed by atoms with Crippen LogP contribution in [0.5, 0.6) is 0 Å². The van der Waals surface area contributed by atoms with Crippen molar-refractivity contribution in [1.29, 1.82) is 0 Å². The van der Waals surface area contributed by atoms with Crippen LogP contribution < -0.4 is 5.32 Å². The molecule has 0 atom stereocenters. The van der Waals surface area contributed by atoms with Gasteiger partial charge in [0, 0.05) is 17.8 Å². The molecule has 2 aromatic heterocycles. The molecule has 30 heavy (non-hydrogen) atoms. The van der Waals surface area contributed by atoms with Crippen LogP contribution in [-0.2, 0) is 22.5 Å². The van der Waals surface area contributed by atoms with E-state index >= 15 is 0 Å². The third-order valence-corrected chi connectivity index (χ3v) is 6.09. The summed E-state index contributed by atoms with van der Waals surface area (Å²) in [5, 5.41) is 12.5. The van der Waals surface area contributed by atoms with Crippen molar-refractivity contribution in [2.24, 2.45) is 0 Å². The van der Waals surface area contributed by atoms with Gasteiger partial charge in [-0.15, -0.1) is 28.1 Å². The number of ether oxygens (including phenoxy) is 1. The molecule has 1 N–H and O–H groups in total. The molecule has 0 fully saturated rings. The number of hydrogen-bond acceptors (Lipinski definition) is 7.